The summed E-state index contributed by atoms with van der Waals surface area (Å²) in [7, 11) is 0. The molecule has 2 aliphatic rings. The summed E-state index contributed by atoms with van der Waals surface area (Å²) in [4.78, 5) is 14.3. The van der Waals surface area contributed by atoms with Gasteiger partial charge in [0.25, 0.3) is 0 Å². The van der Waals surface area contributed by atoms with Crippen LogP contribution in [0.5, 0.6) is 0 Å². The van der Waals surface area contributed by atoms with Gasteiger partial charge in [0.15, 0.2) is 0 Å². The maximum absolute atomic E-state index is 11.8. The van der Waals surface area contributed by atoms with Crippen LogP contribution in [0.15, 0.2) is 30.3 Å². The second-order valence-corrected chi connectivity index (χ2v) is 5.60. The molecule has 2 fully saturated rings. The van der Waals surface area contributed by atoms with Gasteiger partial charge in [-0.25, -0.2) is 0 Å². The van der Waals surface area contributed by atoms with Crippen molar-refractivity contribution in [3.63, 3.8) is 0 Å². The van der Waals surface area contributed by atoms with E-state index in [-0.39, 0.29) is 11.9 Å². The Morgan fingerprint density at radius 2 is 2.05 bits per heavy atom. The molecule has 0 N–H and O–H groups in total. The highest BCUT2D eigenvalue weighted by atomic mass is 16.5. The molecule has 102 valence electrons. The zero-order chi connectivity index (χ0) is 13.2. The van der Waals surface area contributed by atoms with E-state index < -0.39 is 0 Å². The SMILES string of the molecule is C[C@@H](c1ccccc1)N1CCC[C@@H]1[C@@H]1CCOC1=O. The number of likely N-dealkylation sites (tertiary alicyclic amines) is 1. The van der Waals surface area contributed by atoms with Crippen LogP contribution in [0.4, 0.5) is 0 Å². The van der Waals surface area contributed by atoms with Crippen LogP contribution in [-0.4, -0.2) is 30.1 Å². The van der Waals surface area contributed by atoms with E-state index in [9.17, 15) is 4.79 Å². The van der Waals surface area contributed by atoms with Gasteiger partial charge in [0.1, 0.15) is 0 Å². The first-order valence-electron chi connectivity index (χ1n) is 7.24. The molecule has 2 saturated heterocycles. The largest absolute Gasteiger partial charge is 0.465 e. The summed E-state index contributed by atoms with van der Waals surface area (Å²) in [6, 6.07) is 11.3. The fourth-order valence-corrected chi connectivity index (χ4v) is 3.51. The van der Waals surface area contributed by atoms with Crippen LogP contribution in [0.3, 0.4) is 0 Å². The van der Waals surface area contributed by atoms with Crippen molar-refractivity contribution in [3.05, 3.63) is 35.9 Å². The molecule has 19 heavy (non-hydrogen) atoms. The minimum absolute atomic E-state index is 0.0113. The summed E-state index contributed by atoms with van der Waals surface area (Å²) < 4.78 is 5.15. The normalized spacial score (nSPS) is 29.4. The highest BCUT2D eigenvalue weighted by molar-refractivity contribution is 5.75. The molecule has 0 bridgehead atoms. The molecule has 1 aromatic rings. The molecule has 0 unspecified atom stereocenters. The molecule has 0 aromatic heterocycles. The van der Waals surface area contributed by atoms with E-state index in [2.05, 4.69) is 36.1 Å². The van der Waals surface area contributed by atoms with Gasteiger partial charge < -0.3 is 4.74 Å². The lowest BCUT2D eigenvalue weighted by molar-refractivity contribution is -0.142. The molecule has 0 amide bonds. The third-order valence-electron chi connectivity index (χ3n) is 4.56. The Labute approximate surface area is 114 Å². The Hall–Kier alpha value is -1.35. The Kier molecular flexibility index (Phi) is 3.56. The minimum Gasteiger partial charge on any atom is -0.465 e. The highest BCUT2D eigenvalue weighted by Gasteiger charge is 2.41. The Balaban J connectivity index is 1.77. The number of nitrogens with zero attached hydrogens (tertiary/aromatic N) is 1. The number of esters is 1. The molecule has 3 rings (SSSR count). The molecular weight excluding hydrogens is 238 g/mol. The van der Waals surface area contributed by atoms with E-state index in [1.165, 1.54) is 12.0 Å². The van der Waals surface area contributed by atoms with Crippen LogP contribution in [0.25, 0.3) is 0 Å². The monoisotopic (exact) mass is 259 g/mol. The van der Waals surface area contributed by atoms with Crippen LogP contribution in [-0.2, 0) is 9.53 Å². The third kappa shape index (κ3) is 2.39. The fourth-order valence-electron chi connectivity index (χ4n) is 3.51. The average molecular weight is 259 g/mol. The lowest BCUT2D eigenvalue weighted by Crippen LogP contribution is -2.39. The van der Waals surface area contributed by atoms with Crippen molar-refractivity contribution in [2.45, 2.75) is 38.3 Å². The number of ether oxygens (including phenoxy) is 1. The van der Waals surface area contributed by atoms with Crippen LogP contribution in [0.2, 0.25) is 0 Å². The number of rotatable bonds is 3. The van der Waals surface area contributed by atoms with Crippen molar-refractivity contribution in [1.29, 1.82) is 0 Å². The summed E-state index contributed by atoms with van der Waals surface area (Å²) in [6.45, 7) is 3.94. The van der Waals surface area contributed by atoms with Gasteiger partial charge in [-0.15, -0.1) is 0 Å². The van der Waals surface area contributed by atoms with E-state index in [4.69, 9.17) is 4.74 Å². The first-order chi connectivity index (χ1) is 9.27. The van der Waals surface area contributed by atoms with Gasteiger partial charge in [0.05, 0.1) is 12.5 Å². The van der Waals surface area contributed by atoms with Crippen LogP contribution in [0.1, 0.15) is 37.8 Å². The number of cyclic esters (lactones) is 1. The van der Waals surface area contributed by atoms with Crippen molar-refractivity contribution in [2.24, 2.45) is 5.92 Å². The molecule has 3 atom stereocenters. The molecule has 0 saturated carbocycles. The topological polar surface area (TPSA) is 29.5 Å². The molecule has 0 radical (unpaired) electrons. The van der Waals surface area contributed by atoms with E-state index in [0.29, 0.717) is 18.7 Å². The van der Waals surface area contributed by atoms with Gasteiger partial charge in [0, 0.05) is 12.1 Å². The van der Waals surface area contributed by atoms with Crippen molar-refractivity contribution in [1.82, 2.24) is 4.90 Å². The summed E-state index contributed by atoms with van der Waals surface area (Å²) in [5.41, 5.74) is 1.33. The maximum atomic E-state index is 11.8. The van der Waals surface area contributed by atoms with Crippen molar-refractivity contribution < 1.29 is 9.53 Å². The van der Waals surface area contributed by atoms with Crippen LogP contribution >= 0.6 is 0 Å². The minimum atomic E-state index is 0.0113. The smallest absolute Gasteiger partial charge is 0.310 e. The number of carbonyl (C=O) groups excluding carboxylic acids is 1. The zero-order valence-corrected chi connectivity index (χ0v) is 11.4. The summed E-state index contributed by atoms with van der Waals surface area (Å²) in [5.74, 6) is 0.103. The second kappa shape index (κ2) is 5.33. The number of hydrogen-bond donors (Lipinski definition) is 0. The van der Waals surface area contributed by atoms with Gasteiger partial charge in [-0.05, 0) is 38.3 Å². The van der Waals surface area contributed by atoms with Gasteiger partial charge >= 0.3 is 5.97 Å². The Morgan fingerprint density at radius 1 is 1.26 bits per heavy atom. The van der Waals surface area contributed by atoms with E-state index >= 15 is 0 Å². The number of carbonyl (C=O) groups is 1. The number of benzene rings is 1. The van der Waals surface area contributed by atoms with Crippen LogP contribution in [0, 0.1) is 5.92 Å². The predicted octanol–water partition coefficient (Wildman–Crippen LogP) is 2.78. The zero-order valence-electron chi connectivity index (χ0n) is 11.4. The predicted molar refractivity (Wildman–Crippen MR) is 73.7 cm³/mol. The molecular formula is C16H21NO2. The number of hydrogen-bond acceptors (Lipinski definition) is 3. The van der Waals surface area contributed by atoms with E-state index in [1.54, 1.807) is 0 Å². The Morgan fingerprint density at radius 3 is 2.74 bits per heavy atom. The fraction of sp³-hybridized carbons (Fsp3) is 0.562. The molecule has 0 spiro atoms. The lowest BCUT2D eigenvalue weighted by Gasteiger charge is -2.33. The van der Waals surface area contributed by atoms with E-state index in [1.807, 2.05) is 6.07 Å². The van der Waals surface area contributed by atoms with Crippen molar-refractivity contribution >= 4 is 5.97 Å². The Bertz CT molecular complexity index is 445. The summed E-state index contributed by atoms with van der Waals surface area (Å²) in [5, 5.41) is 0. The third-order valence-corrected chi connectivity index (χ3v) is 4.56. The second-order valence-electron chi connectivity index (χ2n) is 5.60. The average Bonchev–Trinajstić information content (AvgIpc) is 3.07. The molecule has 2 aliphatic heterocycles. The maximum Gasteiger partial charge on any atom is 0.310 e. The molecule has 0 aliphatic carbocycles. The van der Waals surface area contributed by atoms with Gasteiger partial charge in [0.2, 0.25) is 0 Å². The summed E-state index contributed by atoms with van der Waals surface area (Å²) in [6.07, 6.45) is 3.20. The van der Waals surface area contributed by atoms with Crippen LogP contribution < -0.4 is 0 Å². The first kappa shape index (κ1) is 12.7. The standard InChI is InChI=1S/C16H21NO2/c1-12(13-6-3-2-4-7-13)17-10-5-8-15(17)14-9-11-19-16(14)18/h2-4,6-7,12,14-15H,5,8-11H2,1H3/t12-,14-,15+/m0/s1. The highest BCUT2D eigenvalue weighted by Crippen LogP contribution is 2.35. The van der Waals surface area contributed by atoms with Gasteiger partial charge in [-0.3, -0.25) is 9.69 Å². The molecule has 2 heterocycles. The summed E-state index contributed by atoms with van der Waals surface area (Å²) >= 11 is 0. The van der Waals surface area contributed by atoms with Gasteiger partial charge in [-0.2, -0.15) is 0 Å². The van der Waals surface area contributed by atoms with E-state index in [0.717, 1.165) is 19.4 Å². The molecule has 1 aromatic carbocycles. The lowest BCUT2D eigenvalue weighted by atomic mass is 9.94. The first-order valence-corrected chi connectivity index (χ1v) is 7.24. The quantitative estimate of drug-likeness (QED) is 0.782. The molecule has 3 heteroatoms. The van der Waals surface area contributed by atoms with Crippen molar-refractivity contribution in [2.75, 3.05) is 13.2 Å². The van der Waals surface area contributed by atoms with Crippen molar-refractivity contribution in [3.8, 4) is 0 Å². The molecule has 3 nitrogen and oxygen atoms in total. The van der Waals surface area contributed by atoms with Gasteiger partial charge in [-0.1, -0.05) is 30.3 Å².